The SMILES string of the molecule is C=C1CON(c2ccc(C(=O)OCC)cc2)[C@@H](c2ccccc2)[C@](C(=O)OC)(c2ccc(C(F)(F)F)cc2)C1. The first kappa shape index (κ1) is 27.9. The Balaban J connectivity index is 1.94. The predicted molar refractivity (Wildman–Crippen MR) is 139 cm³/mol. The van der Waals surface area contributed by atoms with E-state index in [1.165, 1.54) is 24.3 Å². The third kappa shape index (κ3) is 5.54. The van der Waals surface area contributed by atoms with Gasteiger partial charge in [-0.2, -0.15) is 13.2 Å². The number of methoxy groups -OCH3 is 1. The number of alkyl halides is 3. The Morgan fingerprint density at radius 1 is 1.03 bits per heavy atom. The molecule has 0 saturated carbocycles. The summed E-state index contributed by atoms with van der Waals surface area (Å²) in [7, 11) is 1.24. The second-order valence-corrected chi connectivity index (χ2v) is 9.14. The molecule has 1 aliphatic rings. The lowest BCUT2D eigenvalue weighted by Crippen LogP contribution is -2.49. The number of esters is 2. The van der Waals surface area contributed by atoms with Crippen LogP contribution in [-0.2, 0) is 30.7 Å². The molecule has 0 unspecified atom stereocenters. The van der Waals surface area contributed by atoms with Gasteiger partial charge in [-0.1, -0.05) is 49.0 Å². The number of hydroxylamine groups is 1. The molecule has 1 fully saturated rings. The first-order chi connectivity index (χ1) is 18.6. The lowest BCUT2D eigenvalue weighted by Gasteiger charge is -2.42. The highest BCUT2D eigenvalue weighted by molar-refractivity contribution is 5.90. The Morgan fingerprint density at radius 2 is 1.67 bits per heavy atom. The number of rotatable bonds is 6. The molecule has 1 saturated heterocycles. The molecule has 3 aromatic rings. The topological polar surface area (TPSA) is 65.1 Å². The van der Waals surface area contributed by atoms with Crippen LogP contribution in [0.1, 0.15) is 46.4 Å². The number of carbonyl (C=O) groups excluding carboxylic acids is 2. The summed E-state index contributed by atoms with van der Waals surface area (Å²) < 4.78 is 50.6. The summed E-state index contributed by atoms with van der Waals surface area (Å²) in [6.07, 6.45) is -4.49. The van der Waals surface area contributed by atoms with Gasteiger partial charge in [-0.25, -0.2) is 9.86 Å². The second-order valence-electron chi connectivity index (χ2n) is 9.14. The van der Waals surface area contributed by atoms with Crippen molar-refractivity contribution in [2.45, 2.75) is 31.0 Å². The molecule has 3 aromatic carbocycles. The number of hydrogen-bond acceptors (Lipinski definition) is 6. The number of benzene rings is 3. The molecule has 6 nitrogen and oxygen atoms in total. The molecule has 0 spiro atoms. The molecule has 204 valence electrons. The van der Waals surface area contributed by atoms with Gasteiger partial charge in [0, 0.05) is 0 Å². The number of hydrogen-bond donors (Lipinski definition) is 0. The highest BCUT2D eigenvalue weighted by Crippen LogP contribution is 2.50. The summed E-state index contributed by atoms with van der Waals surface area (Å²) >= 11 is 0. The van der Waals surface area contributed by atoms with Gasteiger partial charge in [0.2, 0.25) is 0 Å². The molecule has 0 radical (unpaired) electrons. The van der Waals surface area contributed by atoms with Crippen LogP contribution in [0.2, 0.25) is 0 Å². The van der Waals surface area contributed by atoms with Crippen LogP contribution < -0.4 is 5.06 Å². The smallest absolute Gasteiger partial charge is 0.416 e. The third-order valence-electron chi connectivity index (χ3n) is 6.66. The fraction of sp³-hybridized carbons (Fsp3) is 0.267. The van der Waals surface area contributed by atoms with E-state index >= 15 is 0 Å². The van der Waals surface area contributed by atoms with Crippen molar-refractivity contribution >= 4 is 17.6 Å². The van der Waals surface area contributed by atoms with E-state index in [2.05, 4.69) is 6.58 Å². The Labute approximate surface area is 224 Å². The van der Waals surface area contributed by atoms with Gasteiger partial charge in [0.1, 0.15) is 11.5 Å². The van der Waals surface area contributed by atoms with Crippen LogP contribution in [0.3, 0.4) is 0 Å². The van der Waals surface area contributed by atoms with E-state index in [-0.39, 0.29) is 19.6 Å². The van der Waals surface area contributed by atoms with E-state index in [1.807, 2.05) is 18.2 Å². The minimum absolute atomic E-state index is 0.0440. The molecule has 0 bridgehead atoms. The lowest BCUT2D eigenvalue weighted by molar-refractivity contribution is -0.149. The quantitative estimate of drug-likeness (QED) is 0.266. The van der Waals surface area contributed by atoms with E-state index in [0.29, 0.717) is 28.0 Å². The molecule has 4 rings (SSSR count). The van der Waals surface area contributed by atoms with Gasteiger partial charge >= 0.3 is 18.1 Å². The van der Waals surface area contributed by atoms with E-state index < -0.39 is 35.1 Å². The van der Waals surface area contributed by atoms with Crippen molar-refractivity contribution in [1.82, 2.24) is 0 Å². The summed E-state index contributed by atoms with van der Waals surface area (Å²) in [4.78, 5) is 32.2. The van der Waals surface area contributed by atoms with Gasteiger partial charge in [0.15, 0.2) is 0 Å². The monoisotopic (exact) mass is 539 g/mol. The van der Waals surface area contributed by atoms with Crippen LogP contribution in [0.15, 0.2) is 91.0 Å². The molecule has 0 aliphatic carbocycles. The maximum atomic E-state index is 13.8. The standard InChI is InChI=1S/C30H28F3NO5/c1-4-38-27(35)22-10-16-25(17-11-22)34-26(21-8-6-5-7-9-21)29(28(36)37-3,18-20(2)19-39-34)23-12-14-24(15-13-23)30(31,32)33/h5-17,26H,2,4,18-19H2,1,3H3/t26-,29+/m0/s1. The molecule has 2 atom stereocenters. The summed E-state index contributed by atoms with van der Waals surface area (Å²) in [5.41, 5.74) is -0.00880. The fourth-order valence-electron chi connectivity index (χ4n) is 4.92. The van der Waals surface area contributed by atoms with Gasteiger partial charge in [0.05, 0.1) is 37.1 Å². The average Bonchev–Trinajstić information content (AvgIpc) is 3.10. The van der Waals surface area contributed by atoms with Crippen molar-refractivity contribution in [2.75, 3.05) is 25.4 Å². The van der Waals surface area contributed by atoms with E-state index in [1.54, 1.807) is 43.3 Å². The summed E-state index contributed by atoms with van der Waals surface area (Å²) in [5, 5.41) is 1.54. The van der Waals surface area contributed by atoms with E-state index in [9.17, 15) is 22.8 Å². The van der Waals surface area contributed by atoms with Crippen molar-refractivity contribution in [2.24, 2.45) is 0 Å². The third-order valence-corrected chi connectivity index (χ3v) is 6.66. The number of nitrogens with zero attached hydrogens (tertiary/aromatic N) is 1. The average molecular weight is 540 g/mol. The number of ether oxygens (including phenoxy) is 2. The fourth-order valence-corrected chi connectivity index (χ4v) is 4.92. The van der Waals surface area contributed by atoms with Crippen LogP contribution in [0.5, 0.6) is 0 Å². The van der Waals surface area contributed by atoms with Crippen LogP contribution in [-0.4, -0.2) is 32.3 Å². The van der Waals surface area contributed by atoms with Crippen molar-refractivity contribution in [3.05, 3.63) is 113 Å². The Bertz CT molecular complexity index is 1320. The Kier molecular flexibility index (Phi) is 8.11. The van der Waals surface area contributed by atoms with Crippen LogP contribution >= 0.6 is 0 Å². The van der Waals surface area contributed by atoms with Gasteiger partial charge in [0.25, 0.3) is 0 Å². The molecule has 39 heavy (non-hydrogen) atoms. The molecule has 1 heterocycles. The van der Waals surface area contributed by atoms with Crippen molar-refractivity contribution < 1.29 is 37.1 Å². The summed E-state index contributed by atoms with van der Waals surface area (Å²) in [6.45, 7) is 6.06. The van der Waals surface area contributed by atoms with E-state index in [0.717, 1.165) is 12.1 Å². The van der Waals surface area contributed by atoms with Gasteiger partial charge in [-0.05, 0) is 66.4 Å². The van der Waals surface area contributed by atoms with Gasteiger partial charge in [-0.3, -0.25) is 9.63 Å². The largest absolute Gasteiger partial charge is 0.468 e. The van der Waals surface area contributed by atoms with Crippen LogP contribution in [0.4, 0.5) is 18.9 Å². The highest BCUT2D eigenvalue weighted by atomic mass is 19.4. The Morgan fingerprint density at radius 3 is 2.23 bits per heavy atom. The minimum atomic E-state index is -4.54. The van der Waals surface area contributed by atoms with Crippen molar-refractivity contribution in [3.63, 3.8) is 0 Å². The zero-order valence-electron chi connectivity index (χ0n) is 21.5. The molecule has 0 amide bonds. The van der Waals surface area contributed by atoms with Crippen LogP contribution in [0.25, 0.3) is 0 Å². The molecule has 9 heteroatoms. The lowest BCUT2D eigenvalue weighted by atomic mass is 9.67. The zero-order valence-corrected chi connectivity index (χ0v) is 21.5. The second kappa shape index (κ2) is 11.3. The number of anilines is 1. The van der Waals surface area contributed by atoms with Crippen LogP contribution in [0, 0.1) is 0 Å². The molecular weight excluding hydrogens is 511 g/mol. The Hall–Kier alpha value is -4.11. The van der Waals surface area contributed by atoms with Crippen molar-refractivity contribution in [3.8, 4) is 0 Å². The number of halogens is 3. The summed E-state index contributed by atoms with van der Waals surface area (Å²) in [5.74, 6) is -1.14. The minimum Gasteiger partial charge on any atom is -0.468 e. The first-order valence-electron chi connectivity index (χ1n) is 12.3. The molecular formula is C30H28F3NO5. The van der Waals surface area contributed by atoms with Gasteiger partial charge in [-0.15, -0.1) is 0 Å². The maximum Gasteiger partial charge on any atom is 0.416 e. The molecule has 0 N–H and O–H groups in total. The summed E-state index contributed by atoms with van der Waals surface area (Å²) in [6, 6.07) is 19.1. The van der Waals surface area contributed by atoms with Crippen molar-refractivity contribution in [1.29, 1.82) is 0 Å². The first-order valence-corrected chi connectivity index (χ1v) is 12.3. The van der Waals surface area contributed by atoms with Gasteiger partial charge < -0.3 is 9.47 Å². The zero-order chi connectivity index (χ0) is 28.2. The molecule has 1 aliphatic heterocycles. The highest BCUT2D eigenvalue weighted by Gasteiger charge is 2.54. The normalized spacial score (nSPS) is 19.8. The molecule has 0 aromatic heterocycles. The maximum absolute atomic E-state index is 13.8. The predicted octanol–water partition coefficient (Wildman–Crippen LogP) is 6.43. The van der Waals surface area contributed by atoms with E-state index in [4.69, 9.17) is 14.3 Å². The number of carbonyl (C=O) groups is 2.